The number of halogens is 1. The van der Waals surface area contributed by atoms with Gasteiger partial charge in [0.2, 0.25) is 0 Å². The zero-order chi connectivity index (χ0) is 12.0. The number of nitrogens with zero attached hydrogens (tertiary/aromatic N) is 2. The lowest BCUT2D eigenvalue weighted by molar-refractivity contribution is 0.133. The number of anilines is 2. The summed E-state index contributed by atoms with van der Waals surface area (Å²) in [4.78, 5) is 6.47. The number of fused-ring (bicyclic) bond motifs is 1. The number of aromatic nitrogens is 1. The van der Waals surface area contributed by atoms with Crippen molar-refractivity contribution >= 4 is 23.1 Å². The van der Waals surface area contributed by atoms with Crippen LogP contribution in [0.15, 0.2) is 12.3 Å². The fraction of sp³-hybridized carbons (Fsp3) is 0.583. The van der Waals surface area contributed by atoms with E-state index in [0.717, 1.165) is 31.7 Å². The summed E-state index contributed by atoms with van der Waals surface area (Å²) in [5.74, 6) is 1.77. The first-order valence-electron chi connectivity index (χ1n) is 5.99. The number of pyridine rings is 1. The Morgan fingerprint density at radius 3 is 2.94 bits per heavy atom. The van der Waals surface area contributed by atoms with Crippen LogP contribution in [-0.2, 0) is 0 Å². The van der Waals surface area contributed by atoms with Gasteiger partial charge in [0.1, 0.15) is 0 Å². The molecule has 1 aliphatic heterocycles. The Hall–Kier alpha value is -1.00. The maximum Gasteiger partial charge on any atom is 0.151 e. The van der Waals surface area contributed by atoms with Gasteiger partial charge in [0.15, 0.2) is 5.82 Å². The highest BCUT2D eigenvalue weighted by Gasteiger charge is 2.42. The van der Waals surface area contributed by atoms with E-state index in [1.54, 1.807) is 12.3 Å². The molecule has 1 saturated carbocycles. The molecule has 0 radical (unpaired) electrons. The number of nitrogen functional groups attached to an aromatic ring is 1. The van der Waals surface area contributed by atoms with Gasteiger partial charge in [-0.1, -0.05) is 11.6 Å². The summed E-state index contributed by atoms with van der Waals surface area (Å²) in [5.41, 5.74) is 6.55. The minimum atomic E-state index is -0.154. The predicted molar refractivity (Wildman–Crippen MR) is 68.1 cm³/mol. The molecule has 1 aromatic heterocycles. The molecular weight excluding hydrogens is 238 g/mol. The highest BCUT2D eigenvalue weighted by Crippen LogP contribution is 2.40. The third-order valence-corrected chi connectivity index (χ3v) is 4.19. The summed E-state index contributed by atoms with van der Waals surface area (Å²) in [6.07, 6.45) is 3.51. The molecule has 5 heteroatoms. The molecule has 4 nitrogen and oxygen atoms in total. The number of rotatable bonds is 1. The van der Waals surface area contributed by atoms with Crippen molar-refractivity contribution < 1.29 is 5.11 Å². The fourth-order valence-corrected chi connectivity index (χ4v) is 3.29. The smallest absolute Gasteiger partial charge is 0.151 e. The van der Waals surface area contributed by atoms with Crippen molar-refractivity contribution in [2.75, 3.05) is 23.7 Å². The van der Waals surface area contributed by atoms with E-state index in [0.29, 0.717) is 22.5 Å². The molecule has 3 unspecified atom stereocenters. The molecule has 3 rings (SSSR count). The van der Waals surface area contributed by atoms with E-state index in [-0.39, 0.29) is 6.10 Å². The van der Waals surface area contributed by atoms with Gasteiger partial charge in [0, 0.05) is 25.2 Å². The van der Waals surface area contributed by atoms with Gasteiger partial charge < -0.3 is 15.7 Å². The molecule has 1 aliphatic carbocycles. The highest BCUT2D eigenvalue weighted by molar-refractivity contribution is 6.30. The minimum absolute atomic E-state index is 0.154. The lowest BCUT2D eigenvalue weighted by Gasteiger charge is -2.20. The van der Waals surface area contributed by atoms with Crippen LogP contribution in [0.25, 0.3) is 0 Å². The zero-order valence-corrected chi connectivity index (χ0v) is 10.3. The first-order chi connectivity index (χ1) is 8.15. The molecule has 1 aromatic rings. The molecule has 92 valence electrons. The predicted octanol–water partition coefficient (Wildman–Crippen LogP) is 1.52. The van der Waals surface area contributed by atoms with E-state index in [1.165, 1.54) is 0 Å². The second-order valence-electron chi connectivity index (χ2n) is 5.04. The van der Waals surface area contributed by atoms with Gasteiger partial charge in [0.05, 0.1) is 16.8 Å². The molecule has 17 heavy (non-hydrogen) atoms. The van der Waals surface area contributed by atoms with Crippen molar-refractivity contribution in [2.45, 2.75) is 18.9 Å². The average molecular weight is 254 g/mol. The Morgan fingerprint density at radius 1 is 1.41 bits per heavy atom. The molecule has 0 aromatic carbocycles. The standard InChI is InChI=1S/C12H16ClN3O/c13-8-3-10(14)12(15-4-8)16-5-7-1-2-11(17)9(7)6-16/h3-4,7,9,11,17H,1-2,5-6,14H2. The largest absolute Gasteiger partial charge is 0.396 e. The summed E-state index contributed by atoms with van der Waals surface area (Å²) in [7, 11) is 0. The SMILES string of the molecule is Nc1cc(Cl)cnc1N1CC2CCC(O)C2C1. The normalized spacial score (nSPS) is 31.9. The summed E-state index contributed by atoms with van der Waals surface area (Å²) in [6.45, 7) is 1.80. The van der Waals surface area contributed by atoms with Gasteiger partial charge in [-0.15, -0.1) is 0 Å². The quantitative estimate of drug-likeness (QED) is 0.797. The highest BCUT2D eigenvalue weighted by atomic mass is 35.5. The van der Waals surface area contributed by atoms with Crippen molar-refractivity contribution in [1.29, 1.82) is 0 Å². The number of hydrogen-bond donors (Lipinski definition) is 2. The van der Waals surface area contributed by atoms with Crippen LogP contribution in [0.4, 0.5) is 11.5 Å². The van der Waals surface area contributed by atoms with Gasteiger partial charge in [-0.2, -0.15) is 0 Å². The van der Waals surface area contributed by atoms with Crippen LogP contribution in [0, 0.1) is 11.8 Å². The Balaban J connectivity index is 1.83. The first kappa shape index (κ1) is 11.1. The van der Waals surface area contributed by atoms with Gasteiger partial charge in [0.25, 0.3) is 0 Å². The molecule has 0 spiro atoms. The molecular formula is C12H16ClN3O. The zero-order valence-electron chi connectivity index (χ0n) is 9.51. The molecule has 0 bridgehead atoms. The maximum atomic E-state index is 9.88. The molecule has 2 fully saturated rings. The van der Waals surface area contributed by atoms with Crippen molar-refractivity contribution in [2.24, 2.45) is 11.8 Å². The second-order valence-corrected chi connectivity index (χ2v) is 5.48. The summed E-state index contributed by atoms with van der Waals surface area (Å²) >= 11 is 5.84. The minimum Gasteiger partial charge on any atom is -0.396 e. The van der Waals surface area contributed by atoms with Crippen molar-refractivity contribution in [3.63, 3.8) is 0 Å². The first-order valence-corrected chi connectivity index (χ1v) is 6.37. The van der Waals surface area contributed by atoms with Gasteiger partial charge >= 0.3 is 0 Å². The Labute approximate surface area is 105 Å². The van der Waals surface area contributed by atoms with E-state index in [2.05, 4.69) is 9.88 Å². The van der Waals surface area contributed by atoms with Crippen LogP contribution in [0.3, 0.4) is 0 Å². The molecule has 2 aliphatic rings. The van der Waals surface area contributed by atoms with Crippen LogP contribution < -0.4 is 10.6 Å². The third kappa shape index (κ3) is 1.85. The van der Waals surface area contributed by atoms with Crippen molar-refractivity contribution in [1.82, 2.24) is 4.98 Å². The molecule has 0 amide bonds. The van der Waals surface area contributed by atoms with Crippen LogP contribution >= 0.6 is 11.6 Å². The van der Waals surface area contributed by atoms with Crippen LogP contribution in [0.5, 0.6) is 0 Å². The van der Waals surface area contributed by atoms with Crippen LogP contribution in [0.2, 0.25) is 5.02 Å². The summed E-state index contributed by atoms with van der Waals surface area (Å²) < 4.78 is 0. The maximum absolute atomic E-state index is 9.88. The molecule has 3 atom stereocenters. The van der Waals surface area contributed by atoms with Crippen LogP contribution in [-0.4, -0.2) is 29.3 Å². The Bertz CT molecular complexity index is 440. The van der Waals surface area contributed by atoms with Gasteiger partial charge in [-0.05, 0) is 24.8 Å². The molecule has 3 N–H and O–H groups in total. The second kappa shape index (κ2) is 4.03. The van der Waals surface area contributed by atoms with Gasteiger partial charge in [-0.25, -0.2) is 4.98 Å². The average Bonchev–Trinajstić information content (AvgIpc) is 2.81. The summed E-state index contributed by atoms with van der Waals surface area (Å²) in [5, 5.41) is 10.4. The van der Waals surface area contributed by atoms with Crippen molar-refractivity contribution in [3.05, 3.63) is 17.3 Å². The topological polar surface area (TPSA) is 62.4 Å². The molecule has 2 heterocycles. The van der Waals surface area contributed by atoms with Crippen LogP contribution in [0.1, 0.15) is 12.8 Å². The molecule has 1 saturated heterocycles. The number of hydrogen-bond acceptors (Lipinski definition) is 4. The van der Waals surface area contributed by atoms with E-state index in [1.807, 2.05) is 0 Å². The van der Waals surface area contributed by atoms with E-state index in [9.17, 15) is 5.11 Å². The number of nitrogens with two attached hydrogens (primary N) is 1. The fourth-order valence-electron chi connectivity index (χ4n) is 3.12. The lowest BCUT2D eigenvalue weighted by atomic mass is 10.00. The number of aliphatic hydroxyl groups is 1. The van der Waals surface area contributed by atoms with E-state index < -0.39 is 0 Å². The van der Waals surface area contributed by atoms with E-state index in [4.69, 9.17) is 17.3 Å². The third-order valence-electron chi connectivity index (χ3n) is 3.98. The van der Waals surface area contributed by atoms with E-state index >= 15 is 0 Å². The monoisotopic (exact) mass is 253 g/mol. The van der Waals surface area contributed by atoms with Crippen molar-refractivity contribution in [3.8, 4) is 0 Å². The number of aliphatic hydroxyl groups excluding tert-OH is 1. The Morgan fingerprint density at radius 2 is 2.24 bits per heavy atom. The van der Waals surface area contributed by atoms with Gasteiger partial charge in [-0.3, -0.25) is 0 Å². The Kier molecular flexibility index (Phi) is 2.64. The lowest BCUT2D eigenvalue weighted by Crippen LogP contribution is -2.25. The summed E-state index contributed by atoms with van der Waals surface area (Å²) in [6, 6.07) is 1.73.